The molecule has 5 aliphatic rings. The van der Waals surface area contributed by atoms with Crippen LogP contribution in [0, 0.1) is 28.6 Å². The van der Waals surface area contributed by atoms with Gasteiger partial charge in [-0.15, -0.1) is 0 Å². The van der Waals surface area contributed by atoms with E-state index in [1.165, 1.54) is 11.1 Å². The van der Waals surface area contributed by atoms with Crippen LogP contribution < -0.4 is 0 Å². The highest BCUT2D eigenvalue weighted by Gasteiger charge is 2.72. The molecule has 0 aliphatic heterocycles. The Labute approximate surface area is 289 Å². The van der Waals surface area contributed by atoms with Gasteiger partial charge in [0.1, 0.15) is 22.8 Å². The van der Waals surface area contributed by atoms with Crippen molar-refractivity contribution in [3.8, 4) is 5.75 Å². The molecule has 1 aromatic rings. The Bertz CT molecular complexity index is 1810. The predicted molar refractivity (Wildman–Crippen MR) is 190 cm³/mol. The van der Waals surface area contributed by atoms with E-state index in [-0.39, 0.29) is 47.5 Å². The highest BCUT2D eigenvalue weighted by Crippen LogP contribution is 2.65. The molecule has 1 aromatic carbocycles. The minimum absolute atomic E-state index is 0.0320. The summed E-state index contributed by atoms with van der Waals surface area (Å²) >= 11 is 0. The zero-order chi connectivity index (χ0) is 35.8. The monoisotopic (exact) mass is 666 g/mol. The summed E-state index contributed by atoms with van der Waals surface area (Å²) in [5.74, 6) is -4.76. The van der Waals surface area contributed by atoms with Gasteiger partial charge in [-0.05, 0) is 86.3 Å². The minimum Gasteiger partial charge on any atom is -0.508 e. The first-order valence-corrected chi connectivity index (χ1v) is 17.7. The molecule has 6 rings (SSSR count). The Hall–Kier alpha value is -3.97. The number of hydrogen-bond donors (Lipinski definition) is 4. The second-order valence-corrected chi connectivity index (χ2v) is 16.3. The normalized spacial score (nSPS) is 29.2. The summed E-state index contributed by atoms with van der Waals surface area (Å²) in [7, 11) is 0. The summed E-state index contributed by atoms with van der Waals surface area (Å²) < 4.78 is 0. The van der Waals surface area contributed by atoms with E-state index in [2.05, 4.69) is 56.4 Å². The average molecular weight is 667 g/mol. The lowest BCUT2D eigenvalue weighted by Gasteiger charge is -2.60. The fraction of sp³-hybridized carbons (Fsp3) is 0.500. The molecule has 0 spiro atoms. The predicted octanol–water partition coefficient (Wildman–Crippen LogP) is 8.02. The fourth-order valence-corrected chi connectivity index (χ4v) is 10.1. The maximum Gasteiger partial charge on any atom is 0.203 e. The van der Waals surface area contributed by atoms with Gasteiger partial charge in [0.15, 0.2) is 17.2 Å². The molecule has 4 atom stereocenters. The lowest BCUT2D eigenvalue weighted by molar-refractivity contribution is -0.178. The van der Waals surface area contributed by atoms with E-state index < -0.39 is 56.8 Å². The van der Waals surface area contributed by atoms with Gasteiger partial charge in [0, 0.05) is 22.3 Å². The van der Waals surface area contributed by atoms with Gasteiger partial charge in [0.2, 0.25) is 5.78 Å². The number of phenols is 1. The Morgan fingerprint density at radius 2 is 1.53 bits per heavy atom. The van der Waals surface area contributed by atoms with Crippen molar-refractivity contribution in [3.63, 3.8) is 0 Å². The van der Waals surface area contributed by atoms with Crippen LogP contribution in [0.4, 0.5) is 0 Å². The number of carbonyl (C=O) groups is 3. The van der Waals surface area contributed by atoms with Crippen LogP contribution in [-0.4, -0.2) is 43.4 Å². The standard InChI is InChI=1S/C42H50O7/c1-22(2)29-19-28(18-27(16-25-12-8-9-13-25)17-26-14-10-11-15-26)35(44)32-30(29)20-40(6)21-41(7)33(23(3)4)36(45)31(24(5)43)38(47)42(41,49)39(48)34(40)37(32)46/h8-12,14,19,22-23,27,33,44,46-47,49H,13,15-18,20-21H2,1-7H3/t33?,40-,41-,42+/m1/s1. The molecule has 4 N–H and O–H groups in total. The molecule has 49 heavy (non-hydrogen) atoms. The maximum absolute atomic E-state index is 14.8. The molecule has 7 nitrogen and oxygen atoms in total. The van der Waals surface area contributed by atoms with Crippen molar-refractivity contribution in [3.05, 3.63) is 92.8 Å². The zero-order valence-electron chi connectivity index (χ0n) is 29.8. The lowest BCUT2D eigenvalue weighted by atomic mass is 9.43. The van der Waals surface area contributed by atoms with E-state index in [1.54, 1.807) is 6.92 Å². The molecule has 5 aliphatic carbocycles. The van der Waals surface area contributed by atoms with Gasteiger partial charge in [-0.1, -0.05) is 95.2 Å². The number of phenolic OH excluding ortho intramolecular Hbond substituents is 1. The van der Waals surface area contributed by atoms with Crippen LogP contribution in [0.1, 0.15) is 109 Å². The van der Waals surface area contributed by atoms with Gasteiger partial charge in [-0.2, -0.15) is 0 Å². The number of carbonyl (C=O) groups excluding carboxylic acids is 3. The summed E-state index contributed by atoms with van der Waals surface area (Å²) in [4.78, 5) is 41.3. The van der Waals surface area contributed by atoms with Crippen molar-refractivity contribution >= 4 is 23.1 Å². The number of fused-ring (bicyclic) bond motifs is 3. The van der Waals surface area contributed by atoms with E-state index in [4.69, 9.17) is 0 Å². The number of benzene rings is 1. The van der Waals surface area contributed by atoms with Crippen molar-refractivity contribution in [2.24, 2.45) is 28.6 Å². The van der Waals surface area contributed by atoms with Crippen LogP contribution >= 0.6 is 0 Å². The van der Waals surface area contributed by atoms with E-state index in [0.717, 1.165) is 43.7 Å². The first-order chi connectivity index (χ1) is 23.0. The summed E-state index contributed by atoms with van der Waals surface area (Å²) in [5.41, 5.74) is -0.513. The van der Waals surface area contributed by atoms with Crippen molar-refractivity contribution in [1.82, 2.24) is 0 Å². The highest BCUT2D eigenvalue weighted by molar-refractivity contribution is 6.24. The molecular weight excluding hydrogens is 616 g/mol. The third-order valence-electron chi connectivity index (χ3n) is 12.0. The number of ketones is 3. The van der Waals surface area contributed by atoms with E-state index in [1.807, 2.05) is 20.8 Å². The van der Waals surface area contributed by atoms with Crippen molar-refractivity contribution in [2.75, 3.05) is 0 Å². The topological polar surface area (TPSA) is 132 Å². The maximum atomic E-state index is 14.8. The second-order valence-electron chi connectivity index (χ2n) is 16.3. The number of allylic oxidation sites excluding steroid dienone is 9. The molecule has 0 radical (unpaired) electrons. The van der Waals surface area contributed by atoms with Crippen molar-refractivity contribution in [1.29, 1.82) is 0 Å². The van der Waals surface area contributed by atoms with Crippen LogP contribution in [0.3, 0.4) is 0 Å². The molecule has 1 unspecified atom stereocenters. The zero-order valence-corrected chi connectivity index (χ0v) is 29.8. The smallest absolute Gasteiger partial charge is 0.203 e. The van der Waals surface area contributed by atoms with Crippen LogP contribution in [-0.2, 0) is 27.2 Å². The largest absolute Gasteiger partial charge is 0.508 e. The lowest BCUT2D eigenvalue weighted by Crippen LogP contribution is -2.69. The number of hydrogen-bond acceptors (Lipinski definition) is 7. The Kier molecular flexibility index (Phi) is 8.62. The molecule has 1 fully saturated rings. The van der Waals surface area contributed by atoms with Gasteiger partial charge in [0.05, 0.1) is 5.56 Å². The number of aromatic hydroxyl groups is 1. The summed E-state index contributed by atoms with van der Waals surface area (Å²) in [6.07, 6.45) is 17.3. The first-order valence-electron chi connectivity index (χ1n) is 17.7. The summed E-state index contributed by atoms with van der Waals surface area (Å²) in [6, 6.07) is 2.06. The second kappa shape index (κ2) is 12.1. The molecular formula is C42H50O7. The molecule has 0 saturated heterocycles. The number of aliphatic hydroxyl groups is 3. The summed E-state index contributed by atoms with van der Waals surface area (Å²) in [6.45, 7) is 12.4. The SMILES string of the molecule is CC(=O)C1=C(O)[C@]2(O)C(=O)C3=C(O)c4c(O)c(CC(CC5=CC=CC5)CC5=CC=CC5)cc(C(C)C)c4C[C@]3(C)C[C@]2(C)C(C(C)C)C1=O. The molecule has 0 heterocycles. The Balaban J connectivity index is 1.52. The Morgan fingerprint density at radius 1 is 0.939 bits per heavy atom. The van der Waals surface area contributed by atoms with Crippen LogP contribution in [0.2, 0.25) is 0 Å². The van der Waals surface area contributed by atoms with Crippen LogP contribution in [0.15, 0.2) is 70.6 Å². The van der Waals surface area contributed by atoms with Crippen molar-refractivity contribution in [2.45, 2.75) is 105 Å². The number of Topliss-reactive ketones (excluding diaryl/α,β-unsaturated/α-hetero) is 3. The first kappa shape index (κ1) is 34.9. The van der Waals surface area contributed by atoms with Gasteiger partial charge >= 0.3 is 0 Å². The summed E-state index contributed by atoms with van der Waals surface area (Å²) in [5, 5.41) is 48.2. The average Bonchev–Trinajstić information content (AvgIpc) is 3.70. The van der Waals surface area contributed by atoms with E-state index >= 15 is 0 Å². The van der Waals surface area contributed by atoms with Crippen LogP contribution in [0.5, 0.6) is 5.75 Å². The third-order valence-corrected chi connectivity index (χ3v) is 12.0. The van der Waals surface area contributed by atoms with Gasteiger partial charge in [-0.3, -0.25) is 14.4 Å². The van der Waals surface area contributed by atoms with Gasteiger partial charge in [0.25, 0.3) is 0 Å². The van der Waals surface area contributed by atoms with Crippen molar-refractivity contribution < 1.29 is 34.8 Å². The number of rotatable bonds is 9. The third kappa shape index (κ3) is 5.22. The fourth-order valence-electron chi connectivity index (χ4n) is 10.1. The van der Waals surface area contributed by atoms with E-state index in [9.17, 15) is 34.8 Å². The molecule has 0 amide bonds. The quantitative estimate of drug-likeness (QED) is 0.196. The van der Waals surface area contributed by atoms with Gasteiger partial charge < -0.3 is 20.4 Å². The molecule has 1 saturated carbocycles. The van der Waals surface area contributed by atoms with E-state index in [0.29, 0.717) is 12.0 Å². The molecule has 260 valence electrons. The minimum atomic E-state index is -2.62. The molecule has 7 heteroatoms. The van der Waals surface area contributed by atoms with Gasteiger partial charge in [-0.25, -0.2) is 0 Å². The molecule has 0 bridgehead atoms. The number of aliphatic hydroxyl groups excluding tert-OH is 2. The Morgan fingerprint density at radius 3 is 2.02 bits per heavy atom. The van der Waals surface area contributed by atoms with Crippen LogP contribution in [0.25, 0.3) is 5.76 Å². The molecule has 0 aromatic heterocycles. The highest BCUT2D eigenvalue weighted by atomic mass is 16.3.